The fraction of sp³-hybridized carbons (Fsp3) is 0.545. The maximum atomic E-state index is 4.35. The minimum Gasteiger partial charge on any atom is -0.250 e. The predicted octanol–water partition coefficient (Wildman–Crippen LogP) is 2.47. The van der Waals surface area contributed by atoms with Crippen LogP contribution < -0.4 is 0 Å². The van der Waals surface area contributed by atoms with Crippen molar-refractivity contribution in [2.75, 3.05) is 0 Å². The Hall–Kier alpha value is -0.970. The molecule has 5 heteroatoms. The molecular formula is C11H15BrN4. The van der Waals surface area contributed by atoms with Gasteiger partial charge in [0.1, 0.15) is 6.33 Å². The molecule has 0 aliphatic carbocycles. The Kier molecular flexibility index (Phi) is 3.53. The van der Waals surface area contributed by atoms with Gasteiger partial charge in [-0.3, -0.25) is 4.68 Å². The lowest BCUT2D eigenvalue weighted by Gasteiger charge is -2.07. The molecule has 0 aliphatic heterocycles. The van der Waals surface area contributed by atoms with Gasteiger partial charge in [-0.2, -0.15) is 5.10 Å². The Morgan fingerprint density at radius 1 is 1.44 bits per heavy atom. The Morgan fingerprint density at radius 3 is 3.00 bits per heavy atom. The summed E-state index contributed by atoms with van der Waals surface area (Å²) < 4.78 is 1.78. The minimum absolute atomic E-state index is 0.482. The first-order valence-corrected chi connectivity index (χ1v) is 6.39. The van der Waals surface area contributed by atoms with Crippen LogP contribution in [0.4, 0.5) is 0 Å². The molecule has 1 unspecified atom stereocenters. The summed E-state index contributed by atoms with van der Waals surface area (Å²) in [5, 5.41) is 5.27. The van der Waals surface area contributed by atoms with E-state index in [4.69, 9.17) is 0 Å². The van der Waals surface area contributed by atoms with Crippen molar-refractivity contribution in [3.8, 4) is 0 Å². The summed E-state index contributed by atoms with van der Waals surface area (Å²) in [7, 11) is 1.90. The standard InChI is InChI=1S/C11H15BrN4/c1-3-4-8(12)5-10-9-6-15-16(2)11(9)14-7-13-10/h6-8H,3-5H2,1-2H3. The van der Waals surface area contributed by atoms with Gasteiger partial charge >= 0.3 is 0 Å². The molecule has 86 valence electrons. The molecule has 0 aromatic carbocycles. The smallest absolute Gasteiger partial charge is 0.161 e. The number of fused-ring (bicyclic) bond motifs is 1. The lowest BCUT2D eigenvalue weighted by molar-refractivity contribution is 0.735. The van der Waals surface area contributed by atoms with E-state index in [1.165, 1.54) is 6.42 Å². The number of hydrogen-bond donors (Lipinski definition) is 0. The van der Waals surface area contributed by atoms with Gasteiger partial charge in [0, 0.05) is 18.3 Å². The van der Waals surface area contributed by atoms with Crippen molar-refractivity contribution in [1.29, 1.82) is 0 Å². The first-order chi connectivity index (χ1) is 7.72. The molecule has 2 aromatic heterocycles. The van der Waals surface area contributed by atoms with Crippen LogP contribution in [0.1, 0.15) is 25.5 Å². The number of nitrogens with zero attached hydrogens (tertiary/aromatic N) is 4. The van der Waals surface area contributed by atoms with Crippen LogP contribution in [-0.2, 0) is 13.5 Å². The van der Waals surface area contributed by atoms with Crippen LogP contribution in [0.25, 0.3) is 11.0 Å². The van der Waals surface area contributed by atoms with E-state index in [2.05, 4.69) is 37.9 Å². The third-order valence-corrected chi connectivity index (χ3v) is 3.41. The molecule has 0 saturated carbocycles. The molecule has 0 saturated heterocycles. The van der Waals surface area contributed by atoms with Crippen molar-refractivity contribution in [3.63, 3.8) is 0 Å². The number of alkyl halides is 1. The SMILES string of the molecule is CCCC(Br)Cc1ncnc2c1cnn2C. The van der Waals surface area contributed by atoms with Gasteiger partial charge in [-0.1, -0.05) is 29.3 Å². The van der Waals surface area contributed by atoms with E-state index in [-0.39, 0.29) is 0 Å². The summed E-state index contributed by atoms with van der Waals surface area (Å²) in [5.41, 5.74) is 1.98. The van der Waals surface area contributed by atoms with E-state index in [1.54, 1.807) is 11.0 Å². The first-order valence-electron chi connectivity index (χ1n) is 5.48. The van der Waals surface area contributed by atoms with Crippen molar-refractivity contribution in [2.24, 2.45) is 7.05 Å². The summed E-state index contributed by atoms with van der Waals surface area (Å²) in [6.45, 7) is 2.19. The largest absolute Gasteiger partial charge is 0.250 e. The predicted molar refractivity (Wildman–Crippen MR) is 67.6 cm³/mol. The Balaban J connectivity index is 2.30. The highest BCUT2D eigenvalue weighted by Crippen LogP contribution is 2.19. The topological polar surface area (TPSA) is 43.6 Å². The van der Waals surface area contributed by atoms with E-state index in [0.29, 0.717) is 4.83 Å². The summed E-state index contributed by atoms with van der Waals surface area (Å²) >= 11 is 3.68. The number of aromatic nitrogens is 4. The van der Waals surface area contributed by atoms with Gasteiger partial charge in [0.15, 0.2) is 5.65 Å². The number of aryl methyl sites for hydroxylation is 1. The minimum atomic E-state index is 0.482. The maximum absolute atomic E-state index is 4.35. The Labute approximate surface area is 103 Å². The van der Waals surface area contributed by atoms with Gasteiger partial charge in [-0.05, 0) is 6.42 Å². The molecule has 0 fully saturated rings. The van der Waals surface area contributed by atoms with Gasteiger partial charge in [0.05, 0.1) is 17.3 Å². The second kappa shape index (κ2) is 4.91. The zero-order chi connectivity index (χ0) is 11.5. The van der Waals surface area contributed by atoms with Crippen molar-refractivity contribution < 1.29 is 0 Å². The molecule has 2 rings (SSSR count). The van der Waals surface area contributed by atoms with Crippen LogP contribution in [0.3, 0.4) is 0 Å². The van der Waals surface area contributed by atoms with Gasteiger partial charge in [0.25, 0.3) is 0 Å². The molecule has 0 spiro atoms. The van der Waals surface area contributed by atoms with E-state index >= 15 is 0 Å². The lowest BCUT2D eigenvalue weighted by Crippen LogP contribution is -2.05. The average molecular weight is 283 g/mol. The first kappa shape index (κ1) is 11.5. The average Bonchev–Trinajstić information content (AvgIpc) is 2.62. The van der Waals surface area contributed by atoms with Gasteiger partial charge in [0.2, 0.25) is 0 Å². The molecule has 0 N–H and O–H groups in total. The van der Waals surface area contributed by atoms with E-state index in [1.807, 2.05) is 13.2 Å². The molecule has 0 radical (unpaired) electrons. The number of hydrogen-bond acceptors (Lipinski definition) is 3. The highest BCUT2D eigenvalue weighted by Gasteiger charge is 2.11. The fourth-order valence-electron chi connectivity index (χ4n) is 1.80. The Morgan fingerprint density at radius 2 is 2.25 bits per heavy atom. The van der Waals surface area contributed by atoms with Crippen molar-refractivity contribution >= 4 is 27.0 Å². The van der Waals surface area contributed by atoms with Crippen LogP contribution in [0.2, 0.25) is 0 Å². The summed E-state index contributed by atoms with van der Waals surface area (Å²) in [5.74, 6) is 0. The quantitative estimate of drug-likeness (QED) is 0.810. The normalized spacial score (nSPS) is 13.2. The zero-order valence-electron chi connectivity index (χ0n) is 9.52. The van der Waals surface area contributed by atoms with Crippen molar-refractivity contribution in [3.05, 3.63) is 18.2 Å². The van der Waals surface area contributed by atoms with E-state index < -0.39 is 0 Å². The molecular weight excluding hydrogens is 268 g/mol. The van der Waals surface area contributed by atoms with E-state index in [0.717, 1.165) is 29.6 Å². The molecule has 2 aromatic rings. The molecule has 1 atom stereocenters. The molecule has 16 heavy (non-hydrogen) atoms. The number of halogens is 1. The van der Waals surface area contributed by atoms with Crippen LogP contribution >= 0.6 is 15.9 Å². The monoisotopic (exact) mass is 282 g/mol. The lowest BCUT2D eigenvalue weighted by atomic mass is 10.1. The van der Waals surface area contributed by atoms with Gasteiger partial charge in [-0.15, -0.1) is 0 Å². The third-order valence-electron chi connectivity index (χ3n) is 2.63. The number of rotatable bonds is 4. The summed E-state index contributed by atoms with van der Waals surface area (Å²) in [4.78, 5) is 9.06. The van der Waals surface area contributed by atoms with Crippen molar-refractivity contribution in [2.45, 2.75) is 31.0 Å². The van der Waals surface area contributed by atoms with Crippen LogP contribution in [0.15, 0.2) is 12.5 Å². The van der Waals surface area contributed by atoms with Crippen LogP contribution in [-0.4, -0.2) is 24.6 Å². The third kappa shape index (κ3) is 2.24. The second-order valence-electron chi connectivity index (χ2n) is 3.92. The molecule has 2 heterocycles. The van der Waals surface area contributed by atoms with E-state index in [9.17, 15) is 0 Å². The highest BCUT2D eigenvalue weighted by molar-refractivity contribution is 9.09. The van der Waals surface area contributed by atoms with Gasteiger partial charge < -0.3 is 0 Å². The van der Waals surface area contributed by atoms with Gasteiger partial charge in [-0.25, -0.2) is 9.97 Å². The summed E-state index contributed by atoms with van der Waals surface area (Å²) in [6, 6.07) is 0. The van der Waals surface area contributed by atoms with Crippen LogP contribution in [0.5, 0.6) is 0 Å². The molecule has 0 aliphatic rings. The maximum Gasteiger partial charge on any atom is 0.161 e. The van der Waals surface area contributed by atoms with Crippen LogP contribution in [0, 0.1) is 0 Å². The summed E-state index contributed by atoms with van der Waals surface area (Å²) in [6.07, 6.45) is 6.73. The fourth-order valence-corrected chi connectivity index (χ4v) is 2.56. The molecule has 0 amide bonds. The highest BCUT2D eigenvalue weighted by atomic mass is 79.9. The second-order valence-corrected chi connectivity index (χ2v) is 5.21. The molecule has 0 bridgehead atoms. The zero-order valence-corrected chi connectivity index (χ0v) is 11.1. The molecule has 4 nitrogen and oxygen atoms in total. The Bertz CT molecular complexity index is 480. The van der Waals surface area contributed by atoms with Crippen molar-refractivity contribution in [1.82, 2.24) is 19.7 Å².